The predicted octanol–water partition coefficient (Wildman–Crippen LogP) is 4.88. The largest absolute Gasteiger partial charge is 0.491 e. The highest BCUT2D eigenvalue weighted by molar-refractivity contribution is 5.71. The molecule has 1 unspecified atom stereocenters. The van der Waals surface area contributed by atoms with Crippen molar-refractivity contribution in [1.82, 2.24) is 25.3 Å². The standard InChI is InChI=1S/C30H43N5O3/c1-20-26(13-16-30(35(5)6)14-8-7-9-15-30)32-29(33-28(20)27-21(2)34-38-22(27)3)23-11-10-12-25(17-23)37-19-24(36)18-31-4/h10-12,17,24,31,36H,7-9,13-16,18-19H2,1-6H3. The van der Waals surface area contributed by atoms with Crippen LogP contribution < -0.4 is 10.1 Å². The van der Waals surface area contributed by atoms with Crippen molar-refractivity contribution >= 4 is 0 Å². The Balaban J connectivity index is 1.71. The maximum atomic E-state index is 10.1. The summed E-state index contributed by atoms with van der Waals surface area (Å²) in [6.07, 6.45) is 7.71. The second-order valence-electron chi connectivity index (χ2n) is 10.9. The fourth-order valence-electron chi connectivity index (χ4n) is 5.69. The van der Waals surface area contributed by atoms with Crippen LogP contribution in [0.5, 0.6) is 5.75 Å². The van der Waals surface area contributed by atoms with E-state index < -0.39 is 6.10 Å². The van der Waals surface area contributed by atoms with Crippen molar-refractivity contribution in [1.29, 1.82) is 0 Å². The van der Waals surface area contributed by atoms with E-state index in [0.29, 0.717) is 18.1 Å². The van der Waals surface area contributed by atoms with Gasteiger partial charge in [0.2, 0.25) is 0 Å². The second kappa shape index (κ2) is 12.4. The number of ether oxygens (including phenoxy) is 1. The van der Waals surface area contributed by atoms with Gasteiger partial charge in [-0.05, 0) is 85.3 Å². The van der Waals surface area contributed by atoms with E-state index in [1.807, 2.05) is 38.1 Å². The van der Waals surface area contributed by atoms with Crippen LogP contribution >= 0.6 is 0 Å². The van der Waals surface area contributed by atoms with Gasteiger partial charge in [0.05, 0.1) is 17.0 Å². The topological polar surface area (TPSA) is 96.5 Å². The quantitative estimate of drug-likeness (QED) is 0.369. The molecule has 1 aromatic carbocycles. The van der Waals surface area contributed by atoms with Crippen LogP contribution in [0.2, 0.25) is 0 Å². The molecule has 8 heteroatoms. The van der Waals surface area contributed by atoms with Gasteiger partial charge in [-0.15, -0.1) is 0 Å². The third-order valence-corrected chi connectivity index (χ3v) is 8.05. The lowest BCUT2D eigenvalue weighted by molar-refractivity contribution is 0.0904. The van der Waals surface area contributed by atoms with Crippen molar-refractivity contribution in [3.8, 4) is 28.4 Å². The lowest BCUT2D eigenvalue weighted by Gasteiger charge is -2.43. The maximum Gasteiger partial charge on any atom is 0.160 e. The molecule has 0 amide bonds. The molecule has 3 aromatic rings. The fraction of sp³-hybridized carbons (Fsp3) is 0.567. The lowest BCUT2D eigenvalue weighted by Crippen LogP contribution is -2.46. The van der Waals surface area contributed by atoms with Crippen molar-refractivity contribution in [2.45, 2.75) is 77.4 Å². The average Bonchev–Trinajstić information content (AvgIpc) is 3.25. The first-order chi connectivity index (χ1) is 18.2. The third kappa shape index (κ3) is 6.25. The van der Waals surface area contributed by atoms with Gasteiger partial charge < -0.3 is 24.6 Å². The van der Waals surface area contributed by atoms with E-state index in [1.54, 1.807) is 7.05 Å². The predicted molar refractivity (Wildman–Crippen MR) is 150 cm³/mol. The summed E-state index contributed by atoms with van der Waals surface area (Å²) < 4.78 is 11.4. The molecular formula is C30H43N5O3. The molecule has 0 radical (unpaired) electrons. The van der Waals surface area contributed by atoms with Crippen molar-refractivity contribution in [3.05, 3.63) is 47.0 Å². The van der Waals surface area contributed by atoms with Crippen LogP contribution in [0, 0.1) is 20.8 Å². The molecule has 4 rings (SSSR count). The Morgan fingerprint density at radius 2 is 1.89 bits per heavy atom. The molecule has 1 aliphatic carbocycles. The van der Waals surface area contributed by atoms with Crippen LogP contribution in [-0.2, 0) is 6.42 Å². The van der Waals surface area contributed by atoms with Gasteiger partial charge in [-0.2, -0.15) is 0 Å². The summed E-state index contributed by atoms with van der Waals surface area (Å²) in [5.74, 6) is 2.09. The first kappa shape index (κ1) is 28.2. The van der Waals surface area contributed by atoms with Crippen LogP contribution in [0.25, 0.3) is 22.6 Å². The number of hydrogen-bond donors (Lipinski definition) is 2. The van der Waals surface area contributed by atoms with E-state index in [2.05, 4.69) is 36.4 Å². The fourth-order valence-corrected chi connectivity index (χ4v) is 5.69. The Labute approximate surface area is 226 Å². The van der Waals surface area contributed by atoms with Gasteiger partial charge in [0, 0.05) is 23.3 Å². The molecule has 2 aromatic heterocycles. The van der Waals surface area contributed by atoms with Gasteiger partial charge in [-0.25, -0.2) is 9.97 Å². The highest BCUT2D eigenvalue weighted by atomic mass is 16.5. The van der Waals surface area contributed by atoms with E-state index in [-0.39, 0.29) is 12.1 Å². The summed E-state index contributed by atoms with van der Waals surface area (Å²) in [6.45, 7) is 6.69. The van der Waals surface area contributed by atoms with Crippen LogP contribution in [0.3, 0.4) is 0 Å². The van der Waals surface area contributed by atoms with Gasteiger partial charge in [-0.3, -0.25) is 0 Å². The number of hydrogen-bond acceptors (Lipinski definition) is 8. The Morgan fingerprint density at radius 1 is 1.13 bits per heavy atom. The Bertz CT molecular complexity index is 1200. The summed E-state index contributed by atoms with van der Waals surface area (Å²) in [6, 6.07) is 7.78. The van der Waals surface area contributed by atoms with Gasteiger partial charge in [-0.1, -0.05) is 36.6 Å². The minimum absolute atomic E-state index is 0.209. The average molecular weight is 522 g/mol. The zero-order chi connectivity index (χ0) is 27.3. The van der Waals surface area contributed by atoms with Gasteiger partial charge in [0.25, 0.3) is 0 Å². The number of aliphatic hydroxyl groups is 1. The summed E-state index contributed by atoms with van der Waals surface area (Å²) in [4.78, 5) is 12.6. The van der Waals surface area contributed by atoms with E-state index in [4.69, 9.17) is 19.2 Å². The van der Waals surface area contributed by atoms with Crippen LogP contribution in [0.15, 0.2) is 28.8 Å². The maximum absolute atomic E-state index is 10.1. The smallest absolute Gasteiger partial charge is 0.160 e. The molecule has 206 valence electrons. The summed E-state index contributed by atoms with van der Waals surface area (Å²) in [5.41, 5.74) is 5.87. The molecule has 1 atom stereocenters. The van der Waals surface area contributed by atoms with Crippen molar-refractivity contribution in [2.75, 3.05) is 34.3 Å². The second-order valence-corrected chi connectivity index (χ2v) is 10.9. The van der Waals surface area contributed by atoms with Crippen molar-refractivity contribution in [3.63, 3.8) is 0 Å². The summed E-state index contributed by atoms with van der Waals surface area (Å²) in [5, 5.41) is 17.2. The first-order valence-electron chi connectivity index (χ1n) is 13.8. The number of nitrogens with zero attached hydrogens (tertiary/aromatic N) is 4. The molecule has 38 heavy (non-hydrogen) atoms. The van der Waals surface area contributed by atoms with Crippen LogP contribution in [0.4, 0.5) is 0 Å². The van der Waals surface area contributed by atoms with E-state index in [1.165, 1.54) is 32.1 Å². The van der Waals surface area contributed by atoms with Gasteiger partial charge in [0.15, 0.2) is 5.82 Å². The normalized spacial score (nSPS) is 16.1. The number of nitrogens with one attached hydrogen (secondary N) is 1. The molecule has 0 bridgehead atoms. The number of aromatic nitrogens is 3. The molecule has 8 nitrogen and oxygen atoms in total. The van der Waals surface area contributed by atoms with Gasteiger partial charge >= 0.3 is 0 Å². The Kier molecular flexibility index (Phi) is 9.18. The van der Waals surface area contributed by atoms with Crippen LogP contribution in [-0.4, -0.2) is 71.1 Å². The molecule has 1 saturated carbocycles. The third-order valence-electron chi connectivity index (χ3n) is 8.05. The molecule has 0 saturated heterocycles. The first-order valence-corrected chi connectivity index (χ1v) is 13.8. The minimum Gasteiger partial charge on any atom is -0.491 e. The zero-order valence-electron chi connectivity index (χ0n) is 23.8. The zero-order valence-corrected chi connectivity index (χ0v) is 23.8. The molecule has 1 fully saturated rings. The number of likely N-dealkylation sites (N-methyl/N-ethyl adjacent to an activating group) is 1. The molecule has 0 aliphatic heterocycles. The molecule has 2 heterocycles. The molecule has 1 aliphatic rings. The van der Waals surface area contributed by atoms with E-state index >= 15 is 0 Å². The van der Waals surface area contributed by atoms with Crippen molar-refractivity contribution < 1.29 is 14.4 Å². The summed E-state index contributed by atoms with van der Waals surface area (Å²) >= 11 is 0. The van der Waals surface area contributed by atoms with E-state index in [0.717, 1.165) is 52.4 Å². The van der Waals surface area contributed by atoms with Gasteiger partial charge in [0.1, 0.15) is 24.2 Å². The van der Waals surface area contributed by atoms with Crippen LogP contribution in [0.1, 0.15) is 61.2 Å². The molecule has 0 spiro atoms. The lowest BCUT2D eigenvalue weighted by atomic mass is 9.77. The van der Waals surface area contributed by atoms with E-state index in [9.17, 15) is 5.11 Å². The molecular weight excluding hydrogens is 478 g/mol. The van der Waals surface area contributed by atoms with Crippen molar-refractivity contribution in [2.24, 2.45) is 0 Å². The SMILES string of the molecule is CNCC(O)COc1cccc(-c2nc(CCC3(N(C)C)CCCCC3)c(C)c(-c3c(C)noc3C)n2)c1. The highest BCUT2D eigenvalue weighted by Gasteiger charge is 2.34. The number of aliphatic hydroxyl groups excluding tert-OH is 1. The highest BCUT2D eigenvalue weighted by Crippen LogP contribution is 2.37. The Morgan fingerprint density at radius 3 is 2.55 bits per heavy atom. The molecule has 2 N–H and O–H groups in total. The minimum atomic E-state index is -0.583. The number of rotatable bonds is 11. The number of benzene rings is 1. The number of aryl methyl sites for hydroxylation is 3. The summed E-state index contributed by atoms with van der Waals surface area (Å²) in [7, 11) is 6.25. The Hall–Kier alpha value is -2.81. The monoisotopic (exact) mass is 521 g/mol.